The van der Waals surface area contributed by atoms with Crippen molar-refractivity contribution in [1.29, 1.82) is 0 Å². The fraction of sp³-hybridized carbons (Fsp3) is 0.455. The number of halogens is 4. The SMILES string of the molecule is CC(c1cccc(Cl)c1)S(=O)(=O)CC(O)C(F)(F)F. The Bertz CT molecular complexity index is 542. The summed E-state index contributed by atoms with van der Waals surface area (Å²) in [5.41, 5.74) is 0.280. The second kappa shape index (κ2) is 5.68. The van der Waals surface area contributed by atoms with Gasteiger partial charge in [-0.15, -0.1) is 0 Å². The third kappa shape index (κ3) is 4.36. The molecule has 3 nitrogen and oxygen atoms in total. The minimum absolute atomic E-state index is 0.280. The molecule has 0 aromatic heterocycles. The zero-order chi connectivity index (χ0) is 14.8. The van der Waals surface area contributed by atoms with Gasteiger partial charge in [0.25, 0.3) is 0 Å². The van der Waals surface area contributed by atoms with Crippen molar-refractivity contribution in [3.63, 3.8) is 0 Å². The van der Waals surface area contributed by atoms with Gasteiger partial charge in [-0.05, 0) is 24.6 Å². The second-order valence-electron chi connectivity index (χ2n) is 4.08. The fourth-order valence-corrected chi connectivity index (χ4v) is 3.10. The highest BCUT2D eigenvalue weighted by Crippen LogP contribution is 2.28. The average Bonchev–Trinajstić information content (AvgIpc) is 2.26. The number of hydrogen-bond donors (Lipinski definition) is 1. The Morgan fingerprint density at radius 3 is 2.42 bits per heavy atom. The Hall–Kier alpha value is -0.790. The maximum atomic E-state index is 12.2. The Labute approximate surface area is 113 Å². The van der Waals surface area contributed by atoms with Crippen LogP contribution in [0.4, 0.5) is 13.2 Å². The summed E-state index contributed by atoms with van der Waals surface area (Å²) in [6.07, 6.45) is -7.85. The summed E-state index contributed by atoms with van der Waals surface area (Å²) in [4.78, 5) is 0. The summed E-state index contributed by atoms with van der Waals surface area (Å²) in [5, 5.41) is 7.95. The second-order valence-corrected chi connectivity index (χ2v) is 6.89. The van der Waals surface area contributed by atoms with Crippen molar-refractivity contribution >= 4 is 21.4 Å². The van der Waals surface area contributed by atoms with Gasteiger partial charge in [0.15, 0.2) is 15.9 Å². The van der Waals surface area contributed by atoms with Crippen molar-refractivity contribution in [2.75, 3.05) is 5.75 Å². The quantitative estimate of drug-likeness (QED) is 0.929. The third-order valence-electron chi connectivity index (χ3n) is 2.62. The normalized spacial score (nSPS) is 16.1. The Kier molecular flexibility index (Phi) is 4.86. The molecule has 0 aliphatic carbocycles. The lowest BCUT2D eigenvalue weighted by Gasteiger charge is -2.18. The van der Waals surface area contributed by atoms with E-state index in [4.69, 9.17) is 16.7 Å². The molecule has 0 heterocycles. The monoisotopic (exact) mass is 316 g/mol. The third-order valence-corrected chi connectivity index (χ3v) is 4.99. The number of alkyl halides is 3. The summed E-state index contributed by atoms with van der Waals surface area (Å²) in [6, 6.07) is 5.84. The molecule has 0 spiro atoms. The van der Waals surface area contributed by atoms with Crippen LogP contribution in [0.2, 0.25) is 5.02 Å². The number of rotatable bonds is 4. The molecule has 0 aliphatic rings. The van der Waals surface area contributed by atoms with Crippen LogP contribution in [0.1, 0.15) is 17.7 Å². The van der Waals surface area contributed by atoms with Gasteiger partial charge < -0.3 is 5.11 Å². The standard InChI is InChI=1S/C11H12ClF3O3S/c1-7(8-3-2-4-9(12)5-8)19(17,18)6-10(16)11(13,14)15/h2-5,7,10,16H,6H2,1H3. The number of hydrogen-bond acceptors (Lipinski definition) is 3. The summed E-state index contributed by atoms with van der Waals surface area (Å²) in [5.74, 6) is -1.37. The highest BCUT2D eigenvalue weighted by molar-refractivity contribution is 7.91. The van der Waals surface area contributed by atoms with Gasteiger partial charge in [0.05, 0.1) is 11.0 Å². The van der Waals surface area contributed by atoms with Gasteiger partial charge >= 0.3 is 6.18 Å². The minimum Gasteiger partial charge on any atom is -0.383 e. The molecule has 2 atom stereocenters. The van der Waals surface area contributed by atoms with E-state index in [0.717, 1.165) is 0 Å². The zero-order valence-corrected chi connectivity index (χ0v) is 11.4. The first-order chi connectivity index (χ1) is 8.54. The topological polar surface area (TPSA) is 54.4 Å². The highest BCUT2D eigenvalue weighted by atomic mass is 35.5. The van der Waals surface area contributed by atoms with Crippen LogP contribution in [-0.2, 0) is 9.84 Å². The van der Waals surface area contributed by atoms with Crippen LogP contribution in [0.15, 0.2) is 24.3 Å². The molecule has 0 bridgehead atoms. The molecular weight excluding hydrogens is 305 g/mol. The molecule has 0 radical (unpaired) electrons. The Balaban J connectivity index is 2.95. The minimum atomic E-state index is -4.96. The summed E-state index contributed by atoms with van der Waals surface area (Å²) < 4.78 is 60.1. The van der Waals surface area contributed by atoms with Crippen LogP contribution in [-0.4, -0.2) is 31.6 Å². The summed E-state index contributed by atoms with van der Waals surface area (Å²) >= 11 is 5.69. The molecule has 0 fully saturated rings. The maximum absolute atomic E-state index is 12.2. The zero-order valence-electron chi connectivity index (χ0n) is 9.86. The van der Waals surface area contributed by atoms with E-state index < -0.39 is 33.1 Å². The first-order valence-electron chi connectivity index (χ1n) is 5.26. The average molecular weight is 317 g/mol. The van der Waals surface area contributed by atoms with Crippen molar-refractivity contribution < 1.29 is 26.7 Å². The lowest BCUT2D eigenvalue weighted by Crippen LogP contribution is -2.36. The molecule has 0 saturated carbocycles. The molecule has 0 amide bonds. The van der Waals surface area contributed by atoms with Gasteiger partial charge in [0.1, 0.15) is 0 Å². The van der Waals surface area contributed by atoms with Crippen LogP contribution < -0.4 is 0 Å². The van der Waals surface area contributed by atoms with Gasteiger partial charge in [0.2, 0.25) is 0 Å². The molecule has 2 unspecified atom stereocenters. The van der Waals surface area contributed by atoms with Crippen LogP contribution in [0.25, 0.3) is 0 Å². The first-order valence-corrected chi connectivity index (χ1v) is 7.35. The van der Waals surface area contributed by atoms with Crippen molar-refractivity contribution in [2.24, 2.45) is 0 Å². The van der Waals surface area contributed by atoms with Gasteiger partial charge in [-0.25, -0.2) is 8.42 Å². The van der Waals surface area contributed by atoms with E-state index in [-0.39, 0.29) is 10.6 Å². The van der Waals surface area contributed by atoms with Gasteiger partial charge in [-0.1, -0.05) is 23.7 Å². The lowest BCUT2D eigenvalue weighted by molar-refractivity contribution is -0.196. The molecule has 8 heteroatoms. The van der Waals surface area contributed by atoms with E-state index in [2.05, 4.69) is 0 Å². The predicted octanol–water partition coefficient (Wildman–Crippen LogP) is 2.74. The molecule has 1 aromatic rings. The lowest BCUT2D eigenvalue weighted by atomic mass is 10.2. The number of aliphatic hydroxyl groups excluding tert-OH is 1. The van der Waals surface area contributed by atoms with Gasteiger partial charge in [-0.2, -0.15) is 13.2 Å². The molecular formula is C11H12ClF3O3S. The molecule has 1 N–H and O–H groups in total. The summed E-state index contributed by atoms with van der Waals surface area (Å²) in [6.45, 7) is 1.25. The largest absolute Gasteiger partial charge is 0.415 e. The Morgan fingerprint density at radius 1 is 1.37 bits per heavy atom. The van der Waals surface area contributed by atoms with Crippen LogP contribution in [0, 0.1) is 0 Å². The highest BCUT2D eigenvalue weighted by Gasteiger charge is 2.42. The van der Waals surface area contributed by atoms with Gasteiger partial charge in [-0.3, -0.25) is 0 Å². The van der Waals surface area contributed by atoms with E-state index in [1.165, 1.54) is 31.2 Å². The number of sulfone groups is 1. The molecule has 19 heavy (non-hydrogen) atoms. The van der Waals surface area contributed by atoms with E-state index in [0.29, 0.717) is 0 Å². The van der Waals surface area contributed by atoms with E-state index >= 15 is 0 Å². The Morgan fingerprint density at radius 2 is 1.95 bits per heavy atom. The molecule has 0 saturated heterocycles. The van der Waals surface area contributed by atoms with Crippen molar-refractivity contribution in [3.05, 3.63) is 34.9 Å². The van der Waals surface area contributed by atoms with Gasteiger partial charge in [0, 0.05) is 5.02 Å². The van der Waals surface area contributed by atoms with Crippen LogP contribution >= 0.6 is 11.6 Å². The van der Waals surface area contributed by atoms with E-state index in [9.17, 15) is 21.6 Å². The van der Waals surface area contributed by atoms with Crippen molar-refractivity contribution in [1.82, 2.24) is 0 Å². The number of benzene rings is 1. The molecule has 108 valence electrons. The smallest absolute Gasteiger partial charge is 0.383 e. The summed E-state index contributed by atoms with van der Waals surface area (Å²) in [7, 11) is -4.14. The fourth-order valence-electron chi connectivity index (χ4n) is 1.43. The molecule has 1 aromatic carbocycles. The number of aliphatic hydroxyl groups is 1. The maximum Gasteiger partial charge on any atom is 0.415 e. The van der Waals surface area contributed by atoms with Crippen molar-refractivity contribution in [2.45, 2.75) is 24.5 Å². The first kappa shape index (κ1) is 16.3. The van der Waals surface area contributed by atoms with E-state index in [1.807, 2.05) is 0 Å². The predicted molar refractivity (Wildman–Crippen MR) is 65.7 cm³/mol. The van der Waals surface area contributed by atoms with Crippen LogP contribution in [0.3, 0.4) is 0 Å². The van der Waals surface area contributed by atoms with Crippen LogP contribution in [0.5, 0.6) is 0 Å². The molecule has 0 aliphatic heterocycles. The van der Waals surface area contributed by atoms with Crippen molar-refractivity contribution in [3.8, 4) is 0 Å². The van der Waals surface area contributed by atoms with E-state index in [1.54, 1.807) is 0 Å². The molecule has 1 rings (SSSR count).